The predicted molar refractivity (Wildman–Crippen MR) is 228 cm³/mol. The van der Waals surface area contributed by atoms with Crippen LogP contribution in [0, 0.1) is 0 Å². The largest absolute Gasteiger partial charge is 0.315 e. The van der Waals surface area contributed by atoms with E-state index in [2.05, 4.69) is 211 Å². The van der Waals surface area contributed by atoms with E-state index in [1.165, 1.54) is 54.5 Å². The molecule has 0 aliphatic carbocycles. The summed E-state index contributed by atoms with van der Waals surface area (Å²) in [5.74, 6) is 0. The molecule has 8 aromatic carbocycles. The van der Waals surface area contributed by atoms with Crippen molar-refractivity contribution in [1.82, 2.24) is 4.57 Å². The molecule has 1 aromatic heterocycles. The number of fused-ring (bicyclic) bond motifs is 6. The molecule has 0 saturated heterocycles. The van der Waals surface area contributed by atoms with E-state index in [9.17, 15) is 0 Å². The van der Waals surface area contributed by atoms with Crippen LogP contribution < -0.4 is 4.90 Å². The lowest BCUT2D eigenvalue weighted by atomic mass is 10.0. The molecule has 0 aliphatic heterocycles. The normalized spacial score (nSPS) is 12.2. The third-order valence-corrected chi connectivity index (χ3v) is 10.3. The lowest BCUT2D eigenvalue weighted by molar-refractivity contribution is 1.14. The monoisotopic (exact) mass is 678 g/mol. The first-order valence-electron chi connectivity index (χ1n) is 18.1. The van der Waals surface area contributed by atoms with E-state index >= 15 is 0 Å². The second-order valence-corrected chi connectivity index (χ2v) is 13.5. The van der Waals surface area contributed by atoms with Gasteiger partial charge in [0.2, 0.25) is 0 Å². The molecule has 2 nitrogen and oxygen atoms in total. The number of rotatable bonds is 8. The van der Waals surface area contributed by atoms with Gasteiger partial charge in [-0.1, -0.05) is 146 Å². The molecule has 2 heteroatoms. The molecule has 1 heterocycles. The first-order valence-corrected chi connectivity index (χ1v) is 18.1. The Balaban J connectivity index is 1.14. The van der Waals surface area contributed by atoms with Crippen LogP contribution in [0.1, 0.15) is 12.5 Å². The molecule has 0 N–H and O–H groups in total. The molecule has 0 bridgehead atoms. The maximum atomic E-state index is 4.11. The van der Waals surface area contributed by atoms with Gasteiger partial charge in [-0.05, 0) is 111 Å². The zero-order valence-corrected chi connectivity index (χ0v) is 29.7. The minimum absolute atomic E-state index is 1.07. The van der Waals surface area contributed by atoms with Gasteiger partial charge in [0, 0.05) is 33.5 Å². The molecule has 0 radical (unpaired) electrons. The van der Waals surface area contributed by atoms with E-state index < -0.39 is 0 Å². The number of para-hydroxylation sites is 1. The van der Waals surface area contributed by atoms with Crippen molar-refractivity contribution in [2.24, 2.45) is 0 Å². The highest BCUT2D eigenvalue weighted by Crippen LogP contribution is 2.38. The van der Waals surface area contributed by atoms with Crippen molar-refractivity contribution in [3.05, 3.63) is 218 Å². The quantitative estimate of drug-likeness (QED) is 0.145. The molecular weight excluding hydrogens is 641 g/mol. The maximum Gasteiger partial charge on any atom is 0.0547 e. The van der Waals surface area contributed by atoms with Gasteiger partial charge in [-0.25, -0.2) is 0 Å². The third kappa shape index (κ3) is 5.91. The van der Waals surface area contributed by atoms with Crippen molar-refractivity contribution in [2.45, 2.75) is 6.92 Å². The SMILES string of the molecule is C=C/C(=C\C=C(/C)N(c1ccc(-c2ccc3ccccc3c2)cc1)c1ccc(-n2c3ccccc3c3c4ccccc4ccc32)cc1)c1ccccc1. The summed E-state index contributed by atoms with van der Waals surface area (Å²) in [7, 11) is 0. The molecule has 0 atom stereocenters. The van der Waals surface area contributed by atoms with Crippen LogP contribution in [-0.2, 0) is 0 Å². The molecule has 0 amide bonds. The van der Waals surface area contributed by atoms with Crippen molar-refractivity contribution in [1.29, 1.82) is 0 Å². The lowest BCUT2D eigenvalue weighted by Crippen LogP contribution is -2.14. The molecule has 53 heavy (non-hydrogen) atoms. The Bertz CT molecular complexity index is 2840. The summed E-state index contributed by atoms with van der Waals surface area (Å²) < 4.78 is 2.39. The van der Waals surface area contributed by atoms with E-state index in [0.29, 0.717) is 0 Å². The van der Waals surface area contributed by atoms with Gasteiger partial charge in [0.25, 0.3) is 0 Å². The van der Waals surface area contributed by atoms with Gasteiger partial charge in [-0.3, -0.25) is 0 Å². The molecule has 0 saturated carbocycles. The van der Waals surface area contributed by atoms with Gasteiger partial charge in [-0.15, -0.1) is 0 Å². The van der Waals surface area contributed by atoms with Crippen LogP contribution in [0.15, 0.2) is 212 Å². The number of benzene rings is 8. The molecule has 0 spiro atoms. The van der Waals surface area contributed by atoms with Gasteiger partial charge in [0.15, 0.2) is 0 Å². The van der Waals surface area contributed by atoms with E-state index in [0.717, 1.165) is 33.9 Å². The Kier molecular flexibility index (Phi) is 8.26. The van der Waals surface area contributed by atoms with Crippen molar-refractivity contribution >= 4 is 60.3 Å². The molecule has 9 rings (SSSR count). The summed E-state index contributed by atoms with van der Waals surface area (Å²) in [6.07, 6.45) is 6.27. The maximum absolute atomic E-state index is 4.11. The summed E-state index contributed by atoms with van der Waals surface area (Å²) in [6, 6.07) is 65.4. The summed E-state index contributed by atoms with van der Waals surface area (Å²) >= 11 is 0. The zero-order valence-electron chi connectivity index (χ0n) is 29.7. The number of aromatic nitrogens is 1. The molecule has 0 fully saturated rings. The van der Waals surface area contributed by atoms with Crippen molar-refractivity contribution in [3.8, 4) is 16.8 Å². The van der Waals surface area contributed by atoms with Crippen molar-refractivity contribution in [2.75, 3.05) is 4.90 Å². The smallest absolute Gasteiger partial charge is 0.0547 e. The molecule has 0 unspecified atom stereocenters. The fourth-order valence-corrected chi connectivity index (χ4v) is 7.69. The highest BCUT2D eigenvalue weighted by molar-refractivity contribution is 6.21. The van der Waals surface area contributed by atoms with Crippen LogP contribution in [0.5, 0.6) is 0 Å². The molecule has 252 valence electrons. The van der Waals surface area contributed by atoms with Gasteiger partial charge in [-0.2, -0.15) is 0 Å². The number of anilines is 2. The summed E-state index contributed by atoms with van der Waals surface area (Å²) in [4.78, 5) is 2.33. The molecule has 9 aromatic rings. The first-order chi connectivity index (χ1) is 26.2. The third-order valence-electron chi connectivity index (χ3n) is 10.3. The Morgan fingerprint density at radius 2 is 1.11 bits per heavy atom. The fourth-order valence-electron chi connectivity index (χ4n) is 7.69. The van der Waals surface area contributed by atoms with Gasteiger partial charge < -0.3 is 9.47 Å². The second kappa shape index (κ2) is 13.7. The minimum Gasteiger partial charge on any atom is -0.315 e. The highest BCUT2D eigenvalue weighted by Gasteiger charge is 2.16. The van der Waals surface area contributed by atoms with Crippen LogP contribution in [0.25, 0.3) is 65.7 Å². The van der Waals surface area contributed by atoms with Crippen LogP contribution >= 0.6 is 0 Å². The first kappa shape index (κ1) is 32.0. The van der Waals surface area contributed by atoms with E-state index in [4.69, 9.17) is 0 Å². The van der Waals surface area contributed by atoms with Gasteiger partial charge >= 0.3 is 0 Å². The van der Waals surface area contributed by atoms with E-state index in [-0.39, 0.29) is 0 Å². The Morgan fingerprint density at radius 3 is 1.87 bits per heavy atom. The Morgan fingerprint density at radius 1 is 0.509 bits per heavy atom. The molecular formula is C51H38N2. The number of hydrogen-bond donors (Lipinski definition) is 0. The second-order valence-electron chi connectivity index (χ2n) is 13.5. The summed E-state index contributed by atoms with van der Waals surface area (Å²) in [6.45, 7) is 6.29. The predicted octanol–water partition coefficient (Wildman–Crippen LogP) is 14.1. The van der Waals surface area contributed by atoms with Gasteiger partial charge in [0.05, 0.1) is 11.0 Å². The topological polar surface area (TPSA) is 8.17 Å². The van der Waals surface area contributed by atoms with Crippen LogP contribution in [0.4, 0.5) is 11.4 Å². The van der Waals surface area contributed by atoms with Crippen molar-refractivity contribution < 1.29 is 0 Å². The summed E-state index contributed by atoms with van der Waals surface area (Å²) in [5.41, 5.74) is 11.4. The fraction of sp³-hybridized carbons (Fsp3) is 0.0196. The van der Waals surface area contributed by atoms with E-state index in [1.54, 1.807) is 0 Å². The van der Waals surface area contributed by atoms with Crippen LogP contribution in [-0.4, -0.2) is 4.57 Å². The van der Waals surface area contributed by atoms with Crippen LogP contribution in [0.3, 0.4) is 0 Å². The standard InChI is InChI=1S/C51H38N2/c1-3-37(38-13-5-4-6-14-38)22-21-36(2)52(44-28-25-40(26-29-44)43-24-23-39-15-7-8-17-42(39)35-43)45-30-32-46(33-31-45)53-49-20-12-11-19-48(49)51-47-18-10-9-16-41(47)27-34-50(51)53/h3-35H,1H2,2H3/b36-21+,37-22+. The van der Waals surface area contributed by atoms with E-state index in [1.807, 2.05) is 12.1 Å². The average Bonchev–Trinajstić information content (AvgIpc) is 3.57. The number of hydrogen-bond acceptors (Lipinski definition) is 1. The summed E-state index contributed by atoms with van der Waals surface area (Å²) in [5, 5.41) is 7.58. The highest BCUT2D eigenvalue weighted by atomic mass is 15.1. The van der Waals surface area contributed by atoms with Crippen molar-refractivity contribution in [3.63, 3.8) is 0 Å². The Hall–Kier alpha value is -6.90. The number of allylic oxidation sites excluding steroid dienone is 5. The molecule has 0 aliphatic rings. The van der Waals surface area contributed by atoms with Gasteiger partial charge in [0.1, 0.15) is 0 Å². The minimum atomic E-state index is 1.07. The lowest BCUT2D eigenvalue weighted by Gasteiger charge is -2.26. The Labute approximate surface area is 310 Å². The van der Waals surface area contributed by atoms with Crippen LogP contribution in [0.2, 0.25) is 0 Å². The number of nitrogens with zero attached hydrogens (tertiary/aromatic N) is 2. The average molecular weight is 679 g/mol. The zero-order chi connectivity index (χ0) is 35.7.